The van der Waals surface area contributed by atoms with Crippen molar-refractivity contribution in [2.45, 2.75) is 30.7 Å². The molecule has 0 aliphatic heterocycles. The fourth-order valence-electron chi connectivity index (χ4n) is 2.50. The van der Waals surface area contributed by atoms with Gasteiger partial charge in [0.2, 0.25) is 15.9 Å². The van der Waals surface area contributed by atoms with Gasteiger partial charge in [-0.2, -0.15) is 0 Å². The van der Waals surface area contributed by atoms with Crippen LogP contribution in [-0.4, -0.2) is 21.4 Å². The molecule has 2 aromatic rings. The molecule has 0 radical (unpaired) electrons. The lowest BCUT2D eigenvalue weighted by Crippen LogP contribution is -2.26. The second-order valence-corrected chi connectivity index (χ2v) is 7.28. The first-order chi connectivity index (χ1) is 11.8. The van der Waals surface area contributed by atoms with Gasteiger partial charge < -0.3 is 10.1 Å². The summed E-state index contributed by atoms with van der Waals surface area (Å²) in [5.74, 6) is 0.677. The summed E-state index contributed by atoms with van der Waals surface area (Å²) in [6.45, 7) is 1.84. The van der Waals surface area contributed by atoms with Gasteiger partial charge in [0.05, 0.1) is 18.0 Å². The zero-order valence-electron chi connectivity index (χ0n) is 14.2. The molecule has 0 aromatic heterocycles. The van der Waals surface area contributed by atoms with Crippen molar-refractivity contribution in [2.24, 2.45) is 5.14 Å². The summed E-state index contributed by atoms with van der Waals surface area (Å²) in [7, 11) is -2.11. The van der Waals surface area contributed by atoms with Gasteiger partial charge in [-0.3, -0.25) is 4.79 Å². The number of amides is 1. The molecule has 0 aliphatic carbocycles. The van der Waals surface area contributed by atoms with E-state index in [2.05, 4.69) is 5.32 Å². The number of carbonyl (C=O) groups is 1. The summed E-state index contributed by atoms with van der Waals surface area (Å²) < 4.78 is 27.8. The van der Waals surface area contributed by atoms with Crippen molar-refractivity contribution in [2.75, 3.05) is 7.11 Å². The van der Waals surface area contributed by atoms with Crippen molar-refractivity contribution in [3.8, 4) is 5.75 Å². The molecule has 1 atom stereocenters. The van der Waals surface area contributed by atoms with Gasteiger partial charge in [-0.25, -0.2) is 13.6 Å². The molecule has 0 fully saturated rings. The molecule has 2 aromatic carbocycles. The monoisotopic (exact) mass is 362 g/mol. The summed E-state index contributed by atoms with van der Waals surface area (Å²) in [5, 5.41) is 7.98. The minimum absolute atomic E-state index is 0.0472. The number of sulfonamides is 1. The summed E-state index contributed by atoms with van der Waals surface area (Å²) in [6.07, 6.45) is 0.910. The van der Waals surface area contributed by atoms with E-state index in [1.54, 1.807) is 19.2 Å². The van der Waals surface area contributed by atoms with Crippen molar-refractivity contribution in [3.63, 3.8) is 0 Å². The minimum atomic E-state index is -3.71. The second-order valence-electron chi connectivity index (χ2n) is 5.72. The van der Waals surface area contributed by atoms with Crippen LogP contribution in [0, 0.1) is 0 Å². The number of ether oxygens (including phenoxy) is 1. The molecule has 2 rings (SSSR count). The van der Waals surface area contributed by atoms with Crippen molar-refractivity contribution >= 4 is 15.9 Å². The Kier molecular flexibility index (Phi) is 6.17. The Hall–Kier alpha value is -2.38. The lowest BCUT2D eigenvalue weighted by atomic mass is 10.1. The van der Waals surface area contributed by atoms with Gasteiger partial charge in [-0.1, -0.05) is 30.3 Å². The van der Waals surface area contributed by atoms with Gasteiger partial charge in [-0.05, 0) is 42.7 Å². The molecule has 0 aliphatic rings. The van der Waals surface area contributed by atoms with E-state index in [9.17, 15) is 13.2 Å². The molecular weight excluding hydrogens is 340 g/mol. The maximum absolute atomic E-state index is 12.2. The van der Waals surface area contributed by atoms with Crippen LogP contribution in [0.15, 0.2) is 53.4 Å². The molecule has 25 heavy (non-hydrogen) atoms. The van der Waals surface area contributed by atoms with Crippen molar-refractivity contribution in [1.29, 1.82) is 0 Å². The highest BCUT2D eigenvalue weighted by Crippen LogP contribution is 2.19. The lowest BCUT2D eigenvalue weighted by molar-refractivity contribution is -0.121. The molecule has 1 amide bonds. The number of hydrogen-bond acceptors (Lipinski definition) is 4. The van der Waals surface area contributed by atoms with Gasteiger partial charge in [0, 0.05) is 6.42 Å². The van der Waals surface area contributed by atoms with E-state index in [0.29, 0.717) is 12.8 Å². The molecule has 0 bridgehead atoms. The Labute approximate surface area is 148 Å². The number of methoxy groups -OCH3 is 1. The van der Waals surface area contributed by atoms with Crippen molar-refractivity contribution < 1.29 is 17.9 Å². The average molecular weight is 362 g/mol. The van der Waals surface area contributed by atoms with E-state index in [1.807, 2.05) is 31.2 Å². The van der Waals surface area contributed by atoms with E-state index in [4.69, 9.17) is 9.88 Å². The molecule has 6 nitrogen and oxygen atoms in total. The minimum Gasteiger partial charge on any atom is -0.496 e. The molecule has 0 spiro atoms. The van der Waals surface area contributed by atoms with Crippen LogP contribution in [0.5, 0.6) is 5.75 Å². The number of hydrogen-bond donors (Lipinski definition) is 2. The number of nitrogens with two attached hydrogens (primary N) is 1. The highest BCUT2D eigenvalue weighted by Gasteiger charge is 2.13. The summed E-state index contributed by atoms with van der Waals surface area (Å²) in [5.41, 5.74) is 1.78. The van der Waals surface area contributed by atoms with Crippen LogP contribution in [-0.2, 0) is 21.2 Å². The fraction of sp³-hybridized carbons (Fsp3) is 0.278. The van der Waals surface area contributed by atoms with Gasteiger partial charge in [0.1, 0.15) is 5.75 Å². The first-order valence-electron chi connectivity index (χ1n) is 7.85. The highest BCUT2D eigenvalue weighted by molar-refractivity contribution is 7.89. The maximum Gasteiger partial charge on any atom is 0.238 e. The molecule has 0 saturated carbocycles. The third-order valence-corrected chi connectivity index (χ3v) is 4.83. The van der Waals surface area contributed by atoms with Crippen LogP contribution in [0.25, 0.3) is 0 Å². The summed E-state index contributed by atoms with van der Waals surface area (Å²) >= 11 is 0. The van der Waals surface area contributed by atoms with Gasteiger partial charge in [0.15, 0.2) is 0 Å². The third-order valence-electron chi connectivity index (χ3n) is 3.90. The maximum atomic E-state index is 12.2. The standard InChI is InChI=1S/C18H22N2O4S/c1-13(14-7-10-16(11-8-14)25(19,22)23)20-18(21)12-9-15-5-3-4-6-17(15)24-2/h3-8,10-11,13H,9,12H2,1-2H3,(H,20,21)(H2,19,22,23). The van der Waals surface area contributed by atoms with E-state index in [-0.39, 0.29) is 16.8 Å². The Balaban J connectivity index is 1.93. The molecular formula is C18H22N2O4S. The van der Waals surface area contributed by atoms with E-state index < -0.39 is 10.0 Å². The van der Waals surface area contributed by atoms with E-state index >= 15 is 0 Å². The van der Waals surface area contributed by atoms with Crippen LogP contribution >= 0.6 is 0 Å². The molecule has 0 heterocycles. The van der Waals surface area contributed by atoms with Crippen LogP contribution in [0.1, 0.15) is 30.5 Å². The lowest BCUT2D eigenvalue weighted by Gasteiger charge is -2.15. The highest BCUT2D eigenvalue weighted by atomic mass is 32.2. The van der Waals surface area contributed by atoms with Gasteiger partial charge in [-0.15, -0.1) is 0 Å². The van der Waals surface area contributed by atoms with Crippen LogP contribution < -0.4 is 15.2 Å². The zero-order chi connectivity index (χ0) is 18.4. The van der Waals surface area contributed by atoms with E-state index in [1.165, 1.54) is 12.1 Å². The SMILES string of the molecule is COc1ccccc1CCC(=O)NC(C)c1ccc(S(N)(=O)=O)cc1. The van der Waals surface area contributed by atoms with Crippen LogP contribution in [0.4, 0.5) is 0 Å². The van der Waals surface area contributed by atoms with Gasteiger partial charge >= 0.3 is 0 Å². The van der Waals surface area contributed by atoms with Crippen LogP contribution in [0.3, 0.4) is 0 Å². The second kappa shape index (κ2) is 8.13. The predicted molar refractivity (Wildman–Crippen MR) is 95.7 cm³/mol. The quantitative estimate of drug-likeness (QED) is 0.788. The summed E-state index contributed by atoms with van der Waals surface area (Å²) in [6, 6.07) is 13.5. The molecule has 134 valence electrons. The largest absolute Gasteiger partial charge is 0.496 e. The molecule has 0 saturated heterocycles. The number of rotatable bonds is 7. The van der Waals surface area contributed by atoms with E-state index in [0.717, 1.165) is 16.9 Å². The number of carbonyl (C=O) groups excluding carboxylic acids is 1. The first-order valence-corrected chi connectivity index (χ1v) is 9.40. The topological polar surface area (TPSA) is 98.5 Å². The summed E-state index contributed by atoms with van der Waals surface area (Å²) in [4.78, 5) is 12.2. The number of primary sulfonamides is 1. The van der Waals surface area contributed by atoms with Crippen molar-refractivity contribution in [1.82, 2.24) is 5.32 Å². The number of nitrogens with one attached hydrogen (secondary N) is 1. The normalized spacial score (nSPS) is 12.4. The van der Waals surface area contributed by atoms with Crippen molar-refractivity contribution in [3.05, 3.63) is 59.7 Å². The first kappa shape index (κ1) is 19.0. The molecule has 7 heteroatoms. The Bertz CT molecular complexity index is 832. The number of para-hydroxylation sites is 1. The third kappa shape index (κ3) is 5.30. The molecule has 3 N–H and O–H groups in total. The fourth-order valence-corrected chi connectivity index (χ4v) is 3.02. The Morgan fingerprint density at radius 1 is 1.16 bits per heavy atom. The predicted octanol–water partition coefficient (Wildman–Crippen LogP) is 2.15. The number of aryl methyl sites for hydroxylation is 1. The number of benzene rings is 2. The van der Waals surface area contributed by atoms with Gasteiger partial charge in [0.25, 0.3) is 0 Å². The molecule has 1 unspecified atom stereocenters. The smallest absolute Gasteiger partial charge is 0.238 e. The Morgan fingerprint density at radius 3 is 2.40 bits per heavy atom. The van der Waals surface area contributed by atoms with Crippen LogP contribution in [0.2, 0.25) is 0 Å². The average Bonchev–Trinajstić information content (AvgIpc) is 2.59. The zero-order valence-corrected chi connectivity index (χ0v) is 15.0. The Morgan fingerprint density at radius 2 is 1.80 bits per heavy atom.